The molecule has 1 N–H and O–H groups in total. The molecule has 0 bridgehead atoms. The third-order valence-corrected chi connectivity index (χ3v) is 3.45. The Morgan fingerprint density at radius 2 is 1.85 bits per heavy atom. The van der Waals surface area contributed by atoms with Gasteiger partial charge < -0.3 is 10.0 Å². The Bertz CT molecular complexity index is 504. The van der Waals surface area contributed by atoms with Crippen molar-refractivity contribution < 1.29 is 23.5 Å². The SMILES string of the molecule is O=C(O)[C@H]1CCCCN1C(=O)C(F)(F)c1ccccc1. The molecule has 1 fully saturated rings. The van der Waals surface area contributed by atoms with E-state index in [1.54, 1.807) is 6.07 Å². The number of benzene rings is 1. The van der Waals surface area contributed by atoms with Crippen LogP contribution in [0.5, 0.6) is 0 Å². The van der Waals surface area contributed by atoms with E-state index >= 15 is 0 Å². The molecule has 1 heterocycles. The van der Waals surface area contributed by atoms with E-state index in [1.165, 1.54) is 12.1 Å². The smallest absolute Gasteiger partial charge is 0.349 e. The molecule has 1 aliphatic heterocycles. The van der Waals surface area contributed by atoms with Gasteiger partial charge in [-0.3, -0.25) is 4.79 Å². The maximum atomic E-state index is 14.2. The first-order chi connectivity index (χ1) is 9.44. The first kappa shape index (κ1) is 14.4. The summed E-state index contributed by atoms with van der Waals surface area (Å²) in [5.41, 5.74) is -0.417. The minimum absolute atomic E-state index is 0.0538. The number of carboxylic acid groups (broad SMARTS) is 1. The number of aliphatic carboxylic acids is 1. The van der Waals surface area contributed by atoms with Crippen molar-refractivity contribution in [3.05, 3.63) is 35.9 Å². The summed E-state index contributed by atoms with van der Waals surface area (Å²) in [6.07, 6.45) is 1.38. The zero-order chi connectivity index (χ0) is 14.8. The number of likely N-dealkylation sites (tertiary alicyclic amines) is 1. The molecule has 0 aliphatic carbocycles. The summed E-state index contributed by atoms with van der Waals surface area (Å²) >= 11 is 0. The number of hydrogen-bond donors (Lipinski definition) is 1. The molecule has 108 valence electrons. The average molecular weight is 283 g/mol. The third-order valence-electron chi connectivity index (χ3n) is 3.45. The van der Waals surface area contributed by atoms with Crippen molar-refractivity contribution in [3.8, 4) is 0 Å². The first-order valence-electron chi connectivity index (χ1n) is 6.42. The van der Waals surface area contributed by atoms with Crippen LogP contribution in [0.25, 0.3) is 0 Å². The second-order valence-corrected chi connectivity index (χ2v) is 4.79. The zero-order valence-corrected chi connectivity index (χ0v) is 10.8. The van der Waals surface area contributed by atoms with Crippen LogP contribution in [0, 0.1) is 0 Å². The van der Waals surface area contributed by atoms with Gasteiger partial charge >= 0.3 is 11.9 Å². The summed E-state index contributed by atoms with van der Waals surface area (Å²) < 4.78 is 28.4. The van der Waals surface area contributed by atoms with Gasteiger partial charge in [0.15, 0.2) is 0 Å². The Morgan fingerprint density at radius 1 is 1.20 bits per heavy atom. The van der Waals surface area contributed by atoms with Crippen molar-refractivity contribution in [2.75, 3.05) is 6.54 Å². The standard InChI is InChI=1S/C14H15F2NO3/c15-14(16,10-6-2-1-3-7-10)13(20)17-9-5-4-8-11(17)12(18)19/h1-3,6-7,11H,4-5,8-9H2,(H,18,19)/t11-/m1/s1. The number of carbonyl (C=O) groups excluding carboxylic acids is 1. The minimum Gasteiger partial charge on any atom is -0.480 e. The van der Waals surface area contributed by atoms with Crippen LogP contribution in [-0.4, -0.2) is 34.5 Å². The lowest BCUT2D eigenvalue weighted by atomic mass is 9.99. The third kappa shape index (κ3) is 2.64. The fourth-order valence-electron chi connectivity index (χ4n) is 2.38. The highest BCUT2D eigenvalue weighted by Gasteiger charge is 2.47. The van der Waals surface area contributed by atoms with Crippen LogP contribution in [0.3, 0.4) is 0 Å². The normalized spacial score (nSPS) is 19.7. The molecule has 1 amide bonds. The van der Waals surface area contributed by atoms with Crippen LogP contribution in [0.1, 0.15) is 24.8 Å². The molecule has 2 rings (SSSR count). The van der Waals surface area contributed by atoms with Crippen LogP contribution in [-0.2, 0) is 15.5 Å². The highest BCUT2D eigenvalue weighted by molar-refractivity contribution is 5.89. The van der Waals surface area contributed by atoms with Crippen LogP contribution < -0.4 is 0 Å². The lowest BCUT2D eigenvalue weighted by molar-refractivity contribution is -0.168. The molecule has 4 nitrogen and oxygen atoms in total. The maximum Gasteiger partial charge on any atom is 0.349 e. The van der Waals surface area contributed by atoms with Crippen molar-refractivity contribution in [1.82, 2.24) is 4.90 Å². The lowest BCUT2D eigenvalue weighted by Crippen LogP contribution is -2.52. The van der Waals surface area contributed by atoms with E-state index in [2.05, 4.69) is 0 Å². The van der Waals surface area contributed by atoms with Crippen molar-refractivity contribution in [2.24, 2.45) is 0 Å². The van der Waals surface area contributed by atoms with E-state index < -0.39 is 29.4 Å². The van der Waals surface area contributed by atoms with Crippen LogP contribution in [0.2, 0.25) is 0 Å². The van der Waals surface area contributed by atoms with Gasteiger partial charge in [-0.05, 0) is 19.3 Å². The minimum atomic E-state index is -3.70. The van der Waals surface area contributed by atoms with Gasteiger partial charge in [0.1, 0.15) is 6.04 Å². The molecule has 1 atom stereocenters. The largest absolute Gasteiger partial charge is 0.480 e. The fourth-order valence-corrected chi connectivity index (χ4v) is 2.38. The van der Waals surface area contributed by atoms with E-state index in [0.29, 0.717) is 12.8 Å². The molecular weight excluding hydrogens is 268 g/mol. The van der Waals surface area contributed by atoms with E-state index in [4.69, 9.17) is 5.11 Å². The Morgan fingerprint density at radius 3 is 2.45 bits per heavy atom. The summed E-state index contributed by atoms with van der Waals surface area (Å²) in [5.74, 6) is -6.37. The van der Waals surface area contributed by atoms with Gasteiger partial charge in [-0.25, -0.2) is 4.79 Å². The predicted molar refractivity (Wildman–Crippen MR) is 67.3 cm³/mol. The summed E-state index contributed by atoms with van der Waals surface area (Å²) in [6.45, 7) is 0.0538. The van der Waals surface area contributed by atoms with Gasteiger partial charge in [-0.15, -0.1) is 0 Å². The monoisotopic (exact) mass is 283 g/mol. The van der Waals surface area contributed by atoms with Crippen LogP contribution in [0.15, 0.2) is 30.3 Å². The molecule has 1 aromatic carbocycles. The summed E-state index contributed by atoms with van der Waals surface area (Å²) in [4.78, 5) is 23.9. The number of carbonyl (C=O) groups is 2. The lowest BCUT2D eigenvalue weighted by Gasteiger charge is -2.35. The first-order valence-corrected chi connectivity index (χ1v) is 6.42. The Hall–Kier alpha value is -1.98. The summed E-state index contributed by atoms with van der Waals surface area (Å²) in [6, 6.07) is 5.58. The number of nitrogens with zero attached hydrogens (tertiary/aromatic N) is 1. The zero-order valence-electron chi connectivity index (χ0n) is 10.8. The number of piperidine rings is 1. The number of alkyl halides is 2. The Labute approximate surface area is 115 Å². The highest BCUT2D eigenvalue weighted by atomic mass is 19.3. The van der Waals surface area contributed by atoms with E-state index in [9.17, 15) is 18.4 Å². The van der Waals surface area contributed by atoms with E-state index in [-0.39, 0.29) is 13.0 Å². The van der Waals surface area contributed by atoms with Crippen LogP contribution >= 0.6 is 0 Å². The van der Waals surface area contributed by atoms with Gasteiger partial charge in [-0.2, -0.15) is 8.78 Å². The topological polar surface area (TPSA) is 57.6 Å². The van der Waals surface area contributed by atoms with Crippen molar-refractivity contribution in [2.45, 2.75) is 31.2 Å². The number of halogens is 2. The maximum absolute atomic E-state index is 14.2. The number of hydrogen-bond acceptors (Lipinski definition) is 2. The summed E-state index contributed by atoms with van der Waals surface area (Å²) in [5, 5.41) is 9.06. The second kappa shape index (κ2) is 5.56. The van der Waals surface area contributed by atoms with Gasteiger partial charge in [0.25, 0.3) is 5.91 Å². The second-order valence-electron chi connectivity index (χ2n) is 4.79. The quantitative estimate of drug-likeness (QED) is 0.925. The number of amides is 1. The van der Waals surface area contributed by atoms with Gasteiger partial charge in [0, 0.05) is 12.1 Å². The molecule has 20 heavy (non-hydrogen) atoms. The van der Waals surface area contributed by atoms with Crippen molar-refractivity contribution in [1.29, 1.82) is 0 Å². The van der Waals surface area contributed by atoms with Gasteiger partial charge in [0.05, 0.1) is 0 Å². The molecule has 6 heteroatoms. The molecule has 1 saturated heterocycles. The molecular formula is C14H15F2NO3. The molecule has 0 spiro atoms. The highest BCUT2D eigenvalue weighted by Crippen LogP contribution is 2.32. The number of rotatable bonds is 3. The van der Waals surface area contributed by atoms with Crippen molar-refractivity contribution in [3.63, 3.8) is 0 Å². The molecule has 0 saturated carbocycles. The van der Waals surface area contributed by atoms with Crippen molar-refractivity contribution >= 4 is 11.9 Å². The molecule has 1 aromatic rings. The number of carboxylic acids is 1. The Balaban J connectivity index is 2.27. The summed E-state index contributed by atoms with van der Waals surface area (Å²) in [7, 11) is 0. The van der Waals surface area contributed by atoms with Gasteiger partial charge in [0.2, 0.25) is 0 Å². The molecule has 0 aromatic heterocycles. The van der Waals surface area contributed by atoms with Crippen LogP contribution in [0.4, 0.5) is 8.78 Å². The van der Waals surface area contributed by atoms with E-state index in [0.717, 1.165) is 17.0 Å². The molecule has 0 radical (unpaired) electrons. The fraction of sp³-hybridized carbons (Fsp3) is 0.429. The molecule has 1 aliphatic rings. The van der Waals surface area contributed by atoms with Gasteiger partial charge in [-0.1, -0.05) is 30.3 Å². The molecule has 0 unspecified atom stereocenters. The average Bonchev–Trinajstić information content (AvgIpc) is 2.47. The predicted octanol–water partition coefficient (Wildman–Crippen LogP) is 2.24. The Kier molecular flexibility index (Phi) is 4.01. The van der Waals surface area contributed by atoms with E-state index in [1.807, 2.05) is 0 Å².